The predicted molar refractivity (Wildman–Crippen MR) is 95.5 cm³/mol. The molecule has 1 amide bonds. The Bertz CT molecular complexity index is 681. The van der Waals surface area contributed by atoms with E-state index in [2.05, 4.69) is 23.8 Å². The van der Waals surface area contributed by atoms with E-state index >= 15 is 0 Å². The molecule has 1 aliphatic heterocycles. The van der Waals surface area contributed by atoms with Gasteiger partial charge in [0.2, 0.25) is 5.95 Å². The predicted octanol–water partition coefficient (Wildman–Crippen LogP) is 3.51. The Morgan fingerprint density at radius 1 is 1.21 bits per heavy atom. The maximum Gasteiger partial charge on any atom is 0.272 e. The Hall–Kier alpha value is -2.43. The highest BCUT2D eigenvalue weighted by Crippen LogP contribution is 2.22. The molecular formula is C19H24N4O. The fraction of sp³-hybridized carbons (Fsp3) is 0.421. The number of piperidine rings is 1. The molecule has 5 nitrogen and oxygen atoms in total. The molecule has 1 aromatic carbocycles. The topological polar surface area (TPSA) is 49.3 Å². The van der Waals surface area contributed by atoms with Gasteiger partial charge in [-0.25, -0.2) is 9.97 Å². The van der Waals surface area contributed by atoms with Gasteiger partial charge in [-0.1, -0.05) is 25.1 Å². The molecule has 3 rings (SSSR count). The van der Waals surface area contributed by atoms with Crippen LogP contribution in [0.1, 0.15) is 37.2 Å². The van der Waals surface area contributed by atoms with Crippen LogP contribution in [0.2, 0.25) is 0 Å². The maximum absolute atomic E-state index is 12.7. The monoisotopic (exact) mass is 324 g/mol. The van der Waals surface area contributed by atoms with Crippen LogP contribution < -0.4 is 4.90 Å². The molecule has 1 aliphatic rings. The Morgan fingerprint density at radius 3 is 2.58 bits per heavy atom. The number of anilines is 2. The summed E-state index contributed by atoms with van der Waals surface area (Å²) in [5.74, 6) is 1.28. The highest BCUT2D eigenvalue weighted by Gasteiger charge is 2.23. The summed E-state index contributed by atoms with van der Waals surface area (Å²) in [6.45, 7) is 6.66. The Labute approximate surface area is 143 Å². The van der Waals surface area contributed by atoms with E-state index in [0.29, 0.717) is 17.6 Å². The van der Waals surface area contributed by atoms with Gasteiger partial charge in [0.1, 0.15) is 5.69 Å². The molecular weight excluding hydrogens is 300 g/mol. The van der Waals surface area contributed by atoms with E-state index in [0.717, 1.165) is 38.2 Å². The first-order chi connectivity index (χ1) is 11.7. The molecule has 1 saturated heterocycles. The maximum atomic E-state index is 12.7. The van der Waals surface area contributed by atoms with Gasteiger partial charge in [-0.05, 0) is 43.9 Å². The summed E-state index contributed by atoms with van der Waals surface area (Å²) in [5.41, 5.74) is 1.50. The van der Waals surface area contributed by atoms with Crippen molar-refractivity contribution in [2.45, 2.75) is 26.7 Å². The number of rotatable bonds is 4. The lowest BCUT2D eigenvalue weighted by atomic mass is 9.99. The number of amides is 1. The number of aromatic nitrogens is 2. The summed E-state index contributed by atoms with van der Waals surface area (Å²) in [4.78, 5) is 25.5. The summed E-state index contributed by atoms with van der Waals surface area (Å²) < 4.78 is 0. The van der Waals surface area contributed by atoms with Crippen LogP contribution >= 0.6 is 0 Å². The first kappa shape index (κ1) is 16.4. The molecule has 0 bridgehead atoms. The average Bonchev–Trinajstić information content (AvgIpc) is 2.64. The van der Waals surface area contributed by atoms with Gasteiger partial charge in [-0.15, -0.1) is 0 Å². The van der Waals surface area contributed by atoms with Crippen LogP contribution in [0, 0.1) is 5.92 Å². The first-order valence-electron chi connectivity index (χ1n) is 8.64. The van der Waals surface area contributed by atoms with Gasteiger partial charge in [-0.3, -0.25) is 4.79 Å². The molecule has 126 valence electrons. The van der Waals surface area contributed by atoms with Crippen molar-refractivity contribution in [2.75, 3.05) is 24.5 Å². The van der Waals surface area contributed by atoms with Gasteiger partial charge in [0, 0.05) is 31.5 Å². The number of hydrogen-bond donors (Lipinski definition) is 0. The second-order valence-electron chi connectivity index (χ2n) is 6.30. The second-order valence-corrected chi connectivity index (χ2v) is 6.30. The molecule has 0 spiro atoms. The van der Waals surface area contributed by atoms with Crippen molar-refractivity contribution in [1.29, 1.82) is 0 Å². The number of likely N-dealkylation sites (tertiary alicyclic amines) is 1. The molecule has 2 heterocycles. The molecule has 0 atom stereocenters. The van der Waals surface area contributed by atoms with Gasteiger partial charge in [-0.2, -0.15) is 0 Å². The minimum absolute atomic E-state index is 0.00895. The van der Waals surface area contributed by atoms with Gasteiger partial charge in [0.15, 0.2) is 0 Å². The summed E-state index contributed by atoms with van der Waals surface area (Å²) in [5, 5.41) is 0. The number of carbonyl (C=O) groups excluding carboxylic acids is 1. The van der Waals surface area contributed by atoms with E-state index in [9.17, 15) is 4.79 Å². The smallest absolute Gasteiger partial charge is 0.272 e. The summed E-state index contributed by atoms with van der Waals surface area (Å²) in [6, 6.07) is 11.7. The highest BCUT2D eigenvalue weighted by atomic mass is 16.2. The third-order valence-electron chi connectivity index (χ3n) is 4.56. The van der Waals surface area contributed by atoms with E-state index in [1.165, 1.54) is 0 Å². The molecule has 24 heavy (non-hydrogen) atoms. The first-order valence-corrected chi connectivity index (χ1v) is 8.64. The van der Waals surface area contributed by atoms with Crippen molar-refractivity contribution < 1.29 is 4.79 Å². The molecule has 0 unspecified atom stereocenters. The van der Waals surface area contributed by atoms with E-state index in [1.807, 2.05) is 40.1 Å². The molecule has 5 heteroatoms. The van der Waals surface area contributed by atoms with E-state index in [-0.39, 0.29) is 5.91 Å². The van der Waals surface area contributed by atoms with Crippen LogP contribution in [0.4, 0.5) is 11.6 Å². The second kappa shape index (κ2) is 7.43. The summed E-state index contributed by atoms with van der Waals surface area (Å²) in [6.07, 6.45) is 3.80. The van der Waals surface area contributed by atoms with Crippen molar-refractivity contribution in [2.24, 2.45) is 5.92 Å². The summed E-state index contributed by atoms with van der Waals surface area (Å²) >= 11 is 0. The third kappa shape index (κ3) is 3.55. The van der Waals surface area contributed by atoms with Crippen molar-refractivity contribution >= 4 is 17.5 Å². The van der Waals surface area contributed by atoms with Gasteiger partial charge < -0.3 is 9.80 Å². The normalized spacial score (nSPS) is 15.3. The molecule has 1 aromatic heterocycles. The Balaban J connectivity index is 1.82. The lowest BCUT2D eigenvalue weighted by Crippen LogP contribution is -2.38. The quantitative estimate of drug-likeness (QED) is 0.863. The number of carbonyl (C=O) groups is 1. The lowest BCUT2D eigenvalue weighted by molar-refractivity contribution is 0.0691. The number of hydrogen-bond acceptors (Lipinski definition) is 4. The fourth-order valence-electron chi connectivity index (χ4n) is 3.02. The zero-order valence-corrected chi connectivity index (χ0v) is 14.4. The Morgan fingerprint density at radius 2 is 1.92 bits per heavy atom. The average molecular weight is 324 g/mol. The van der Waals surface area contributed by atoms with Crippen LogP contribution in [0.15, 0.2) is 42.6 Å². The third-order valence-corrected chi connectivity index (χ3v) is 4.56. The van der Waals surface area contributed by atoms with Gasteiger partial charge >= 0.3 is 0 Å². The largest absolute Gasteiger partial charge is 0.337 e. The van der Waals surface area contributed by atoms with Crippen molar-refractivity contribution in [1.82, 2.24) is 14.9 Å². The molecule has 1 fully saturated rings. The minimum Gasteiger partial charge on any atom is -0.337 e. The molecule has 0 N–H and O–H groups in total. The number of benzene rings is 1. The van der Waals surface area contributed by atoms with Gasteiger partial charge in [0.25, 0.3) is 5.91 Å². The van der Waals surface area contributed by atoms with Gasteiger partial charge in [0.05, 0.1) is 0 Å². The van der Waals surface area contributed by atoms with Crippen molar-refractivity contribution in [3.8, 4) is 0 Å². The van der Waals surface area contributed by atoms with E-state index < -0.39 is 0 Å². The fourth-order valence-corrected chi connectivity index (χ4v) is 3.02. The van der Waals surface area contributed by atoms with Crippen LogP contribution in [-0.2, 0) is 0 Å². The lowest BCUT2D eigenvalue weighted by Gasteiger charge is -2.30. The van der Waals surface area contributed by atoms with Crippen LogP contribution in [-0.4, -0.2) is 40.4 Å². The SMILES string of the molecule is CCN(c1ccccc1)c1nccc(C(=O)N2CCC(C)CC2)n1. The Kier molecular flexibility index (Phi) is 5.08. The number of para-hydroxylation sites is 1. The van der Waals surface area contributed by atoms with Crippen molar-refractivity contribution in [3.05, 3.63) is 48.3 Å². The zero-order chi connectivity index (χ0) is 16.9. The zero-order valence-electron chi connectivity index (χ0n) is 14.4. The van der Waals surface area contributed by atoms with E-state index in [1.54, 1.807) is 12.3 Å². The molecule has 0 saturated carbocycles. The highest BCUT2D eigenvalue weighted by molar-refractivity contribution is 5.92. The minimum atomic E-state index is 0.00895. The van der Waals surface area contributed by atoms with Crippen molar-refractivity contribution in [3.63, 3.8) is 0 Å². The molecule has 2 aromatic rings. The summed E-state index contributed by atoms with van der Waals surface area (Å²) in [7, 11) is 0. The molecule has 0 radical (unpaired) electrons. The standard InChI is InChI=1S/C19H24N4O/c1-3-23(16-7-5-4-6-8-16)19-20-12-9-17(21-19)18(24)22-13-10-15(2)11-14-22/h4-9,12,15H,3,10-11,13-14H2,1-2H3. The number of nitrogens with zero attached hydrogens (tertiary/aromatic N) is 4. The molecule has 0 aliphatic carbocycles. The van der Waals surface area contributed by atoms with Crippen LogP contribution in [0.3, 0.4) is 0 Å². The van der Waals surface area contributed by atoms with Crippen LogP contribution in [0.25, 0.3) is 0 Å². The van der Waals surface area contributed by atoms with Crippen LogP contribution in [0.5, 0.6) is 0 Å². The van der Waals surface area contributed by atoms with E-state index in [4.69, 9.17) is 0 Å².